The second-order valence-electron chi connectivity index (χ2n) is 3.83. The summed E-state index contributed by atoms with van der Waals surface area (Å²) in [6, 6.07) is 13.8. The van der Waals surface area contributed by atoms with Crippen molar-refractivity contribution >= 4 is 23.4 Å². The van der Waals surface area contributed by atoms with E-state index >= 15 is 0 Å². The van der Waals surface area contributed by atoms with Gasteiger partial charge in [0.2, 0.25) is 0 Å². The Labute approximate surface area is 110 Å². The number of halogens is 1. The monoisotopic (exact) mass is 264 g/mol. The van der Waals surface area contributed by atoms with Crippen LogP contribution in [0.2, 0.25) is 5.02 Å². The molecule has 0 amide bonds. The molecular formula is C14H13ClOS. The lowest BCUT2D eigenvalue weighted by Gasteiger charge is -2.08. The van der Waals surface area contributed by atoms with E-state index in [0.29, 0.717) is 0 Å². The zero-order valence-electron chi connectivity index (χ0n) is 9.48. The lowest BCUT2D eigenvalue weighted by atomic mass is 10.1. The number of hydrogen-bond donors (Lipinski definition) is 1. The highest BCUT2D eigenvalue weighted by atomic mass is 35.5. The van der Waals surface area contributed by atoms with Crippen LogP contribution in [0.15, 0.2) is 52.3 Å². The van der Waals surface area contributed by atoms with Gasteiger partial charge in [0.15, 0.2) is 0 Å². The van der Waals surface area contributed by atoms with E-state index < -0.39 is 0 Å². The van der Waals surface area contributed by atoms with E-state index in [1.54, 1.807) is 11.8 Å². The average Bonchev–Trinajstić information content (AvgIpc) is 2.31. The predicted octanol–water partition coefficient (Wildman–Crippen LogP) is 4.29. The molecule has 2 aromatic carbocycles. The molecule has 0 aliphatic carbocycles. The number of aliphatic hydroxyl groups is 1. The fraction of sp³-hybridized carbons (Fsp3) is 0.143. The minimum Gasteiger partial charge on any atom is -0.392 e. The van der Waals surface area contributed by atoms with Crippen LogP contribution in [0.5, 0.6) is 0 Å². The number of benzene rings is 2. The molecule has 0 aliphatic heterocycles. The highest BCUT2D eigenvalue weighted by Crippen LogP contribution is 2.32. The molecule has 1 N–H and O–H groups in total. The fourth-order valence-corrected chi connectivity index (χ4v) is 2.82. The number of aryl methyl sites for hydroxylation is 1. The predicted molar refractivity (Wildman–Crippen MR) is 72.7 cm³/mol. The van der Waals surface area contributed by atoms with Gasteiger partial charge in [0.1, 0.15) is 0 Å². The van der Waals surface area contributed by atoms with Gasteiger partial charge < -0.3 is 5.11 Å². The van der Waals surface area contributed by atoms with E-state index in [1.807, 2.05) is 49.4 Å². The summed E-state index contributed by atoms with van der Waals surface area (Å²) in [4.78, 5) is 2.15. The molecule has 0 unspecified atom stereocenters. The highest BCUT2D eigenvalue weighted by molar-refractivity contribution is 7.99. The minimum absolute atomic E-state index is 0.0601. The average molecular weight is 265 g/mol. The molecule has 0 bridgehead atoms. The molecule has 0 saturated carbocycles. The minimum atomic E-state index is 0.0601. The van der Waals surface area contributed by atoms with Crippen LogP contribution in [0.4, 0.5) is 0 Å². The first kappa shape index (κ1) is 12.5. The van der Waals surface area contributed by atoms with Crippen LogP contribution in [-0.4, -0.2) is 5.11 Å². The Bertz CT molecular complexity index is 525. The maximum atomic E-state index is 9.34. The molecule has 0 fully saturated rings. The first-order valence-corrected chi connectivity index (χ1v) is 6.52. The van der Waals surface area contributed by atoms with Gasteiger partial charge in [0.05, 0.1) is 6.61 Å². The van der Waals surface area contributed by atoms with Crippen LogP contribution in [0, 0.1) is 6.92 Å². The molecule has 88 valence electrons. The van der Waals surface area contributed by atoms with Crippen LogP contribution in [0.25, 0.3) is 0 Å². The largest absolute Gasteiger partial charge is 0.392 e. The first-order chi connectivity index (χ1) is 8.19. The Kier molecular flexibility index (Phi) is 4.11. The van der Waals surface area contributed by atoms with Gasteiger partial charge in [-0.1, -0.05) is 47.1 Å². The summed E-state index contributed by atoms with van der Waals surface area (Å²) >= 11 is 7.56. The van der Waals surface area contributed by atoms with Gasteiger partial charge in [-0.25, -0.2) is 0 Å². The Hall–Kier alpha value is -0.960. The molecule has 2 rings (SSSR count). The summed E-state index contributed by atoms with van der Waals surface area (Å²) in [7, 11) is 0. The summed E-state index contributed by atoms with van der Waals surface area (Å²) in [6.07, 6.45) is 0. The number of aliphatic hydroxyl groups excluding tert-OH is 1. The molecule has 0 radical (unpaired) electrons. The lowest BCUT2D eigenvalue weighted by molar-refractivity contribution is 0.279. The molecule has 3 heteroatoms. The zero-order valence-corrected chi connectivity index (χ0v) is 11.1. The molecule has 0 saturated heterocycles. The molecule has 0 atom stereocenters. The van der Waals surface area contributed by atoms with Crippen LogP contribution in [-0.2, 0) is 6.61 Å². The smallest absolute Gasteiger partial charge is 0.0692 e. The van der Waals surface area contributed by atoms with Gasteiger partial charge in [0, 0.05) is 14.8 Å². The van der Waals surface area contributed by atoms with Crippen LogP contribution >= 0.6 is 23.4 Å². The first-order valence-electron chi connectivity index (χ1n) is 5.33. The van der Waals surface area contributed by atoms with Crippen molar-refractivity contribution in [3.05, 3.63) is 58.6 Å². The summed E-state index contributed by atoms with van der Waals surface area (Å²) in [6.45, 7) is 2.08. The third-order valence-corrected chi connectivity index (χ3v) is 3.75. The van der Waals surface area contributed by atoms with Crippen molar-refractivity contribution in [2.24, 2.45) is 0 Å². The van der Waals surface area contributed by atoms with Gasteiger partial charge in [-0.3, -0.25) is 0 Å². The molecule has 2 aromatic rings. The molecule has 0 heterocycles. The molecular weight excluding hydrogens is 252 g/mol. The van der Waals surface area contributed by atoms with Gasteiger partial charge >= 0.3 is 0 Å². The SMILES string of the molecule is Cc1ccc(Sc2cccc(Cl)c2)c(CO)c1. The van der Waals surface area contributed by atoms with Crippen molar-refractivity contribution in [2.45, 2.75) is 23.3 Å². The summed E-state index contributed by atoms with van der Waals surface area (Å²) in [5.74, 6) is 0. The summed E-state index contributed by atoms with van der Waals surface area (Å²) in [5, 5.41) is 10.1. The van der Waals surface area contributed by atoms with Crippen molar-refractivity contribution in [1.82, 2.24) is 0 Å². The Balaban J connectivity index is 2.29. The molecule has 0 spiro atoms. The van der Waals surface area contributed by atoms with Crippen LogP contribution in [0.1, 0.15) is 11.1 Å². The van der Waals surface area contributed by atoms with Gasteiger partial charge in [0.25, 0.3) is 0 Å². The maximum Gasteiger partial charge on any atom is 0.0692 e. The third-order valence-electron chi connectivity index (χ3n) is 2.41. The van der Waals surface area contributed by atoms with Crippen molar-refractivity contribution in [3.8, 4) is 0 Å². The van der Waals surface area contributed by atoms with E-state index in [4.69, 9.17) is 11.6 Å². The highest BCUT2D eigenvalue weighted by Gasteiger charge is 2.04. The van der Waals surface area contributed by atoms with Crippen LogP contribution in [0.3, 0.4) is 0 Å². The standard InChI is InChI=1S/C14H13ClOS/c1-10-5-6-14(11(7-10)9-16)17-13-4-2-3-12(15)8-13/h2-8,16H,9H2,1H3. The van der Waals surface area contributed by atoms with E-state index in [0.717, 1.165) is 25.9 Å². The number of hydrogen-bond acceptors (Lipinski definition) is 2. The summed E-state index contributed by atoms with van der Waals surface area (Å²) < 4.78 is 0. The maximum absolute atomic E-state index is 9.34. The molecule has 1 nitrogen and oxygen atoms in total. The molecule has 0 aliphatic rings. The van der Waals surface area contributed by atoms with E-state index in [1.165, 1.54) is 0 Å². The molecule has 0 aromatic heterocycles. The van der Waals surface area contributed by atoms with E-state index in [2.05, 4.69) is 0 Å². The lowest BCUT2D eigenvalue weighted by Crippen LogP contribution is -1.88. The van der Waals surface area contributed by atoms with E-state index in [-0.39, 0.29) is 6.61 Å². The fourth-order valence-electron chi connectivity index (χ4n) is 1.59. The second kappa shape index (κ2) is 5.58. The third kappa shape index (κ3) is 3.25. The molecule has 17 heavy (non-hydrogen) atoms. The topological polar surface area (TPSA) is 20.2 Å². The quantitative estimate of drug-likeness (QED) is 0.892. The van der Waals surface area contributed by atoms with E-state index in [9.17, 15) is 5.11 Å². The second-order valence-corrected chi connectivity index (χ2v) is 5.38. The van der Waals surface area contributed by atoms with Gasteiger partial charge in [-0.2, -0.15) is 0 Å². The van der Waals surface area contributed by atoms with Crippen molar-refractivity contribution < 1.29 is 5.11 Å². The van der Waals surface area contributed by atoms with Gasteiger partial charge in [-0.05, 0) is 36.8 Å². The zero-order chi connectivity index (χ0) is 12.3. The number of rotatable bonds is 3. The normalized spacial score (nSPS) is 10.5. The summed E-state index contributed by atoms with van der Waals surface area (Å²) in [5.41, 5.74) is 2.11. The Morgan fingerprint density at radius 3 is 2.71 bits per heavy atom. The Morgan fingerprint density at radius 1 is 1.18 bits per heavy atom. The van der Waals surface area contributed by atoms with Crippen molar-refractivity contribution in [2.75, 3.05) is 0 Å². The Morgan fingerprint density at radius 2 is 2.00 bits per heavy atom. The van der Waals surface area contributed by atoms with Gasteiger partial charge in [-0.15, -0.1) is 0 Å². The van der Waals surface area contributed by atoms with Crippen LogP contribution < -0.4 is 0 Å². The van der Waals surface area contributed by atoms with Crippen molar-refractivity contribution in [3.63, 3.8) is 0 Å². The van der Waals surface area contributed by atoms with Crippen molar-refractivity contribution in [1.29, 1.82) is 0 Å².